The summed E-state index contributed by atoms with van der Waals surface area (Å²) < 4.78 is 12.9. The van der Waals surface area contributed by atoms with Crippen LogP contribution in [0.4, 0.5) is 0 Å². The van der Waals surface area contributed by atoms with Gasteiger partial charge in [-0.05, 0) is 88.3 Å². The maximum absolute atomic E-state index is 13.4. The Morgan fingerprint density at radius 2 is 2.00 bits per heavy atom. The smallest absolute Gasteiger partial charge is 0.246 e. The molecule has 3 aliphatic heterocycles. The average molecular weight is 517 g/mol. The Bertz CT molecular complexity index is 1270. The number of ether oxygens (including phenoxy) is 2. The number of carbonyl (C=O) groups excluding carboxylic acids is 1. The molecule has 5 atom stereocenters. The van der Waals surface area contributed by atoms with E-state index in [1.165, 1.54) is 48.8 Å². The molecule has 6 heteroatoms. The van der Waals surface area contributed by atoms with Crippen molar-refractivity contribution in [3.8, 4) is 11.5 Å². The molecule has 6 nitrogen and oxygen atoms in total. The molecule has 6 fully saturated rings. The molecular formula is C32H40N2O4. The second-order valence-corrected chi connectivity index (χ2v) is 14.3. The minimum absolute atomic E-state index is 0.133. The fourth-order valence-electron chi connectivity index (χ4n) is 10.3. The van der Waals surface area contributed by atoms with E-state index in [1.54, 1.807) is 7.11 Å². The molecule has 1 N–H and O–H groups in total. The summed E-state index contributed by atoms with van der Waals surface area (Å²) in [4.78, 5) is 18.1. The molecule has 5 aliphatic carbocycles. The van der Waals surface area contributed by atoms with Crippen LogP contribution >= 0.6 is 0 Å². The summed E-state index contributed by atoms with van der Waals surface area (Å²) in [5, 5.41) is 12.9. The standard InChI is InChI=1S/C32H40N2O4/c1-37-23-6-5-21-15-24-32(36)12-11-30(10-7-22(30)16-25(35)34-18-29(19-34)8-2-9-29)28-31(32,26(21)27(23)38-28)13-14-33(24)17-20-3-4-20/h5-6,16,20,24,28,36H,2-4,7-15,17-19H2,1H3/b22-16+/t24-,28+,30+,31+,32-/m1/s1. The van der Waals surface area contributed by atoms with Gasteiger partial charge < -0.3 is 19.5 Å². The molecule has 2 bridgehead atoms. The second-order valence-electron chi connectivity index (χ2n) is 14.3. The predicted molar refractivity (Wildman–Crippen MR) is 142 cm³/mol. The predicted octanol–water partition coefficient (Wildman–Crippen LogP) is 3.98. The van der Waals surface area contributed by atoms with Gasteiger partial charge in [-0.2, -0.15) is 0 Å². The maximum Gasteiger partial charge on any atom is 0.246 e. The van der Waals surface area contributed by atoms with Crippen LogP contribution in [0.2, 0.25) is 0 Å². The van der Waals surface area contributed by atoms with E-state index >= 15 is 0 Å². The molecular weight excluding hydrogens is 476 g/mol. The topological polar surface area (TPSA) is 62.2 Å². The monoisotopic (exact) mass is 516 g/mol. The van der Waals surface area contributed by atoms with Crippen LogP contribution in [0.15, 0.2) is 23.8 Å². The zero-order valence-electron chi connectivity index (χ0n) is 22.6. The van der Waals surface area contributed by atoms with E-state index in [1.807, 2.05) is 6.08 Å². The van der Waals surface area contributed by atoms with Crippen molar-refractivity contribution in [2.75, 3.05) is 33.3 Å². The molecule has 1 amide bonds. The fourth-order valence-corrected chi connectivity index (χ4v) is 10.3. The third kappa shape index (κ3) is 2.56. The molecule has 3 spiro atoms. The Morgan fingerprint density at radius 3 is 2.68 bits per heavy atom. The number of nitrogens with zero attached hydrogens (tertiary/aromatic N) is 2. The minimum atomic E-state index is -0.806. The number of piperidine rings is 1. The first-order valence-electron chi connectivity index (χ1n) is 15.2. The van der Waals surface area contributed by atoms with Gasteiger partial charge in [-0.15, -0.1) is 0 Å². The van der Waals surface area contributed by atoms with Gasteiger partial charge in [0.2, 0.25) is 5.91 Å². The lowest BCUT2D eigenvalue weighted by Crippen LogP contribution is -2.78. The number of methoxy groups -OCH3 is 1. The van der Waals surface area contributed by atoms with E-state index in [-0.39, 0.29) is 23.5 Å². The van der Waals surface area contributed by atoms with Crippen molar-refractivity contribution in [1.82, 2.24) is 9.80 Å². The van der Waals surface area contributed by atoms with E-state index in [0.29, 0.717) is 5.41 Å². The number of benzene rings is 1. The first-order chi connectivity index (χ1) is 18.4. The van der Waals surface area contributed by atoms with E-state index < -0.39 is 11.0 Å². The number of amides is 1. The number of hydrogen-bond acceptors (Lipinski definition) is 5. The lowest BCUT2D eigenvalue weighted by atomic mass is 9.40. The van der Waals surface area contributed by atoms with Crippen LogP contribution in [0.1, 0.15) is 75.3 Å². The molecule has 2 saturated heterocycles. The van der Waals surface area contributed by atoms with Gasteiger partial charge in [0.1, 0.15) is 6.10 Å². The zero-order chi connectivity index (χ0) is 25.5. The summed E-state index contributed by atoms with van der Waals surface area (Å²) in [5.74, 6) is 2.66. The number of likely N-dealkylation sites (tertiary alicyclic amines) is 2. The van der Waals surface area contributed by atoms with Crippen molar-refractivity contribution < 1.29 is 19.4 Å². The summed E-state index contributed by atoms with van der Waals surface area (Å²) in [6.07, 6.45) is 13.9. The average Bonchev–Trinajstić information content (AvgIpc) is 3.59. The van der Waals surface area contributed by atoms with Gasteiger partial charge in [0.15, 0.2) is 11.5 Å². The van der Waals surface area contributed by atoms with Gasteiger partial charge in [0, 0.05) is 48.1 Å². The molecule has 1 aromatic rings. The number of aliphatic hydroxyl groups is 1. The molecule has 3 heterocycles. The highest BCUT2D eigenvalue weighted by Crippen LogP contribution is 2.73. The number of hydrogen-bond donors (Lipinski definition) is 1. The molecule has 0 aromatic heterocycles. The summed E-state index contributed by atoms with van der Waals surface area (Å²) in [6, 6.07) is 4.45. The third-order valence-electron chi connectivity index (χ3n) is 12.7. The number of carbonyl (C=O) groups is 1. The van der Waals surface area contributed by atoms with Crippen LogP contribution < -0.4 is 9.47 Å². The largest absolute Gasteiger partial charge is 0.493 e. The highest BCUT2D eigenvalue weighted by atomic mass is 16.5. The van der Waals surface area contributed by atoms with Crippen LogP contribution in [0.25, 0.3) is 0 Å². The summed E-state index contributed by atoms with van der Waals surface area (Å²) in [5.41, 5.74) is 2.89. The molecule has 202 valence electrons. The Morgan fingerprint density at radius 1 is 1.16 bits per heavy atom. The molecule has 0 radical (unpaired) electrons. The third-order valence-corrected chi connectivity index (χ3v) is 12.7. The Hall–Kier alpha value is -2.05. The second kappa shape index (κ2) is 7.17. The minimum Gasteiger partial charge on any atom is -0.493 e. The molecule has 0 unspecified atom stereocenters. The quantitative estimate of drug-likeness (QED) is 0.614. The summed E-state index contributed by atoms with van der Waals surface area (Å²) in [7, 11) is 1.72. The van der Waals surface area contributed by atoms with Crippen LogP contribution in [-0.2, 0) is 16.6 Å². The fraction of sp³-hybridized carbons (Fsp3) is 0.719. The first-order valence-corrected chi connectivity index (χ1v) is 15.2. The van der Waals surface area contributed by atoms with Gasteiger partial charge in [-0.1, -0.05) is 18.1 Å². The zero-order valence-corrected chi connectivity index (χ0v) is 22.6. The molecule has 8 aliphatic rings. The SMILES string of the molecule is COc1ccc2c3c1O[C@H]1[C@@]4(CC/C4=C\C(=O)N4CC5(CCC5)C4)CC[C@@]4(O)[C@@H](C2)N(CC2CC2)CC[C@]314. The van der Waals surface area contributed by atoms with Gasteiger partial charge in [-0.25, -0.2) is 0 Å². The van der Waals surface area contributed by atoms with Crippen molar-refractivity contribution in [1.29, 1.82) is 0 Å². The molecule has 4 saturated carbocycles. The van der Waals surface area contributed by atoms with Gasteiger partial charge in [-0.3, -0.25) is 9.69 Å². The Kier molecular flexibility index (Phi) is 4.29. The lowest BCUT2D eigenvalue weighted by Gasteiger charge is -2.68. The molecule has 38 heavy (non-hydrogen) atoms. The van der Waals surface area contributed by atoms with E-state index in [9.17, 15) is 9.90 Å². The van der Waals surface area contributed by atoms with E-state index in [4.69, 9.17) is 9.47 Å². The van der Waals surface area contributed by atoms with Crippen LogP contribution in [0.3, 0.4) is 0 Å². The van der Waals surface area contributed by atoms with Gasteiger partial charge in [0.25, 0.3) is 0 Å². The Labute approximate surface area is 225 Å². The molecule has 9 rings (SSSR count). The van der Waals surface area contributed by atoms with Crippen molar-refractivity contribution >= 4 is 5.91 Å². The van der Waals surface area contributed by atoms with Gasteiger partial charge >= 0.3 is 0 Å². The van der Waals surface area contributed by atoms with Crippen molar-refractivity contribution in [3.05, 3.63) is 34.9 Å². The van der Waals surface area contributed by atoms with Crippen LogP contribution in [0.5, 0.6) is 11.5 Å². The van der Waals surface area contributed by atoms with E-state index in [2.05, 4.69) is 21.9 Å². The van der Waals surface area contributed by atoms with E-state index in [0.717, 1.165) is 82.1 Å². The van der Waals surface area contributed by atoms with Crippen molar-refractivity contribution in [2.24, 2.45) is 16.7 Å². The van der Waals surface area contributed by atoms with Crippen molar-refractivity contribution in [3.63, 3.8) is 0 Å². The van der Waals surface area contributed by atoms with Gasteiger partial charge in [0.05, 0.1) is 18.1 Å². The number of rotatable bonds is 4. The Balaban J connectivity index is 1.12. The number of fused-ring (bicyclic) bond motifs is 1. The normalized spacial score (nSPS) is 42.3. The highest BCUT2D eigenvalue weighted by Gasteiger charge is 2.77. The lowest BCUT2D eigenvalue weighted by molar-refractivity contribution is -0.218. The first kappa shape index (κ1) is 22.7. The summed E-state index contributed by atoms with van der Waals surface area (Å²) >= 11 is 0. The van der Waals surface area contributed by atoms with Crippen LogP contribution in [-0.4, -0.2) is 71.8 Å². The summed E-state index contributed by atoms with van der Waals surface area (Å²) in [6.45, 7) is 4.02. The highest BCUT2D eigenvalue weighted by molar-refractivity contribution is 5.89. The maximum atomic E-state index is 13.4. The van der Waals surface area contributed by atoms with Crippen molar-refractivity contribution in [2.45, 2.75) is 93.8 Å². The molecule has 1 aromatic carbocycles. The van der Waals surface area contributed by atoms with Crippen LogP contribution in [0, 0.1) is 16.7 Å².